The molecule has 0 amide bonds. The predicted octanol–water partition coefficient (Wildman–Crippen LogP) is 5.65. The number of carbonyl (C=O) groups is 2. The van der Waals surface area contributed by atoms with Crippen LogP contribution in [0.2, 0.25) is 0 Å². The summed E-state index contributed by atoms with van der Waals surface area (Å²) in [4.78, 5) is 25.0. The average Bonchev–Trinajstić information content (AvgIpc) is 3.05. The van der Waals surface area contributed by atoms with Crippen molar-refractivity contribution in [1.82, 2.24) is 4.57 Å². The van der Waals surface area contributed by atoms with Crippen molar-refractivity contribution in [2.75, 3.05) is 6.61 Å². The fourth-order valence-corrected chi connectivity index (χ4v) is 3.62. The van der Waals surface area contributed by atoms with Gasteiger partial charge in [-0.15, -0.1) is 0 Å². The highest BCUT2D eigenvalue weighted by atomic mass is 19.1. The maximum atomic E-state index is 13.1. The van der Waals surface area contributed by atoms with E-state index in [9.17, 15) is 14.0 Å². The number of ether oxygens (including phenoxy) is 1. The van der Waals surface area contributed by atoms with Crippen molar-refractivity contribution >= 4 is 11.8 Å². The van der Waals surface area contributed by atoms with E-state index in [0.29, 0.717) is 23.6 Å². The van der Waals surface area contributed by atoms with Crippen LogP contribution in [0, 0.1) is 19.7 Å². The van der Waals surface area contributed by atoms with Gasteiger partial charge in [-0.25, -0.2) is 9.18 Å². The third-order valence-electron chi connectivity index (χ3n) is 5.56. The lowest BCUT2D eigenvalue weighted by molar-refractivity contribution is 0.0474. The zero-order valence-corrected chi connectivity index (χ0v) is 18.4. The van der Waals surface area contributed by atoms with E-state index in [-0.39, 0.29) is 18.2 Å². The molecule has 0 aliphatic carbocycles. The molecule has 0 saturated carbocycles. The van der Waals surface area contributed by atoms with Crippen molar-refractivity contribution in [2.45, 2.75) is 46.6 Å². The molecule has 0 N–H and O–H groups in total. The molecule has 0 atom stereocenters. The SMILES string of the molecule is Cc1cc(C(=O)COC(=O)c2ccc(C(C)C)cc2)c(C)n1CCc1ccc(F)cc1. The maximum Gasteiger partial charge on any atom is 0.338 e. The average molecular weight is 422 g/mol. The van der Waals surface area contributed by atoms with Crippen LogP contribution >= 0.6 is 0 Å². The monoisotopic (exact) mass is 421 g/mol. The van der Waals surface area contributed by atoms with Crippen LogP contribution in [0.5, 0.6) is 0 Å². The smallest absolute Gasteiger partial charge is 0.338 e. The van der Waals surface area contributed by atoms with Gasteiger partial charge in [0.2, 0.25) is 5.78 Å². The van der Waals surface area contributed by atoms with E-state index in [4.69, 9.17) is 4.74 Å². The second-order valence-electron chi connectivity index (χ2n) is 8.09. The Morgan fingerprint density at radius 3 is 2.26 bits per heavy atom. The Hall–Kier alpha value is -3.21. The summed E-state index contributed by atoms with van der Waals surface area (Å²) in [5.41, 5.74) is 4.95. The summed E-state index contributed by atoms with van der Waals surface area (Å²) < 4.78 is 20.4. The van der Waals surface area contributed by atoms with Crippen LogP contribution in [0.3, 0.4) is 0 Å². The van der Waals surface area contributed by atoms with Gasteiger partial charge in [0.15, 0.2) is 6.61 Å². The molecule has 0 saturated heterocycles. The Labute approximate surface area is 182 Å². The topological polar surface area (TPSA) is 48.3 Å². The fraction of sp³-hybridized carbons (Fsp3) is 0.308. The molecule has 0 aliphatic heterocycles. The molecule has 1 aromatic heterocycles. The quantitative estimate of drug-likeness (QED) is 0.349. The summed E-state index contributed by atoms with van der Waals surface area (Å²) >= 11 is 0. The summed E-state index contributed by atoms with van der Waals surface area (Å²) in [5, 5.41) is 0. The number of Topliss-reactive ketones (excluding diaryl/α,β-unsaturated/α-hetero) is 1. The zero-order valence-electron chi connectivity index (χ0n) is 18.4. The number of halogens is 1. The van der Waals surface area contributed by atoms with Gasteiger partial charge in [0.25, 0.3) is 0 Å². The summed E-state index contributed by atoms with van der Waals surface area (Å²) in [6, 6.07) is 15.5. The number of carbonyl (C=O) groups excluding carboxylic acids is 2. The van der Waals surface area contributed by atoms with E-state index in [0.717, 1.165) is 28.9 Å². The van der Waals surface area contributed by atoms with Crippen LogP contribution in [-0.2, 0) is 17.7 Å². The van der Waals surface area contributed by atoms with Gasteiger partial charge in [-0.1, -0.05) is 38.1 Å². The van der Waals surface area contributed by atoms with E-state index in [1.807, 2.05) is 32.0 Å². The van der Waals surface area contributed by atoms with Crippen molar-refractivity contribution in [2.24, 2.45) is 0 Å². The number of rotatable bonds is 8. The molecule has 31 heavy (non-hydrogen) atoms. The van der Waals surface area contributed by atoms with Gasteiger partial charge in [0.05, 0.1) is 5.56 Å². The van der Waals surface area contributed by atoms with E-state index in [1.54, 1.807) is 24.3 Å². The Bertz CT molecular complexity index is 1060. The highest BCUT2D eigenvalue weighted by Gasteiger charge is 2.18. The number of hydrogen-bond acceptors (Lipinski definition) is 3. The van der Waals surface area contributed by atoms with Gasteiger partial charge in [-0.05, 0) is 67.6 Å². The lowest BCUT2D eigenvalue weighted by Crippen LogP contribution is -2.15. The van der Waals surface area contributed by atoms with Gasteiger partial charge in [-0.2, -0.15) is 0 Å². The summed E-state index contributed by atoms with van der Waals surface area (Å²) in [6.07, 6.45) is 0.728. The van der Waals surface area contributed by atoms with Gasteiger partial charge < -0.3 is 9.30 Å². The molecule has 0 radical (unpaired) electrons. The second kappa shape index (κ2) is 9.73. The molecule has 3 aromatic rings. The molecule has 5 heteroatoms. The molecule has 1 heterocycles. The van der Waals surface area contributed by atoms with Crippen LogP contribution in [0.1, 0.15) is 63.0 Å². The van der Waals surface area contributed by atoms with E-state index in [2.05, 4.69) is 18.4 Å². The van der Waals surface area contributed by atoms with E-state index in [1.165, 1.54) is 12.1 Å². The molecule has 0 unspecified atom stereocenters. The third-order valence-corrected chi connectivity index (χ3v) is 5.56. The maximum absolute atomic E-state index is 13.1. The minimum Gasteiger partial charge on any atom is -0.454 e. The zero-order chi connectivity index (χ0) is 22.5. The number of nitrogens with zero attached hydrogens (tertiary/aromatic N) is 1. The number of aryl methyl sites for hydroxylation is 2. The van der Waals surface area contributed by atoms with Crippen molar-refractivity contribution in [3.63, 3.8) is 0 Å². The Morgan fingerprint density at radius 1 is 1.00 bits per heavy atom. The molecule has 0 fully saturated rings. The van der Waals surface area contributed by atoms with Crippen molar-refractivity contribution in [1.29, 1.82) is 0 Å². The molecule has 0 aliphatic rings. The van der Waals surface area contributed by atoms with E-state index < -0.39 is 5.97 Å². The van der Waals surface area contributed by atoms with Gasteiger partial charge in [0.1, 0.15) is 5.82 Å². The second-order valence-corrected chi connectivity index (χ2v) is 8.09. The first kappa shape index (κ1) is 22.5. The van der Waals surface area contributed by atoms with Crippen LogP contribution in [0.4, 0.5) is 4.39 Å². The first-order valence-electron chi connectivity index (χ1n) is 10.5. The summed E-state index contributed by atoms with van der Waals surface area (Å²) in [5.74, 6) is -0.609. The molecule has 2 aromatic carbocycles. The number of hydrogen-bond donors (Lipinski definition) is 0. The molecular weight excluding hydrogens is 393 g/mol. The van der Waals surface area contributed by atoms with Crippen LogP contribution in [0.15, 0.2) is 54.6 Å². The lowest BCUT2D eigenvalue weighted by Gasteiger charge is -2.10. The van der Waals surface area contributed by atoms with Gasteiger partial charge >= 0.3 is 5.97 Å². The normalized spacial score (nSPS) is 11.0. The largest absolute Gasteiger partial charge is 0.454 e. The third kappa shape index (κ3) is 5.48. The Morgan fingerprint density at radius 2 is 1.65 bits per heavy atom. The van der Waals surface area contributed by atoms with E-state index >= 15 is 0 Å². The standard InChI is InChI=1S/C26H28FNO3/c1-17(2)21-7-9-22(10-8-21)26(30)31-16-25(29)24-15-18(3)28(19(24)4)14-13-20-5-11-23(27)12-6-20/h5-12,15,17H,13-14,16H2,1-4H3. The minimum atomic E-state index is -0.506. The molecule has 3 rings (SSSR count). The minimum absolute atomic E-state index is 0.228. The molecule has 162 valence electrons. The van der Waals surface area contributed by atoms with Crippen molar-refractivity contribution in [3.8, 4) is 0 Å². The van der Waals surface area contributed by atoms with Crippen molar-refractivity contribution in [3.05, 3.63) is 94.1 Å². The Balaban J connectivity index is 1.61. The highest BCUT2D eigenvalue weighted by Crippen LogP contribution is 2.18. The summed E-state index contributed by atoms with van der Waals surface area (Å²) in [7, 11) is 0. The van der Waals surface area contributed by atoms with Gasteiger partial charge in [0, 0.05) is 23.5 Å². The van der Waals surface area contributed by atoms with Crippen LogP contribution < -0.4 is 0 Å². The Kier molecular flexibility index (Phi) is 7.06. The van der Waals surface area contributed by atoms with Crippen LogP contribution in [-0.4, -0.2) is 22.9 Å². The van der Waals surface area contributed by atoms with Crippen LogP contribution in [0.25, 0.3) is 0 Å². The predicted molar refractivity (Wildman–Crippen MR) is 119 cm³/mol. The molecule has 0 spiro atoms. The molecular formula is C26H28FNO3. The number of ketones is 1. The molecule has 4 nitrogen and oxygen atoms in total. The number of benzene rings is 2. The van der Waals surface area contributed by atoms with Crippen molar-refractivity contribution < 1.29 is 18.7 Å². The van der Waals surface area contributed by atoms with Gasteiger partial charge in [-0.3, -0.25) is 4.79 Å². The first-order valence-corrected chi connectivity index (χ1v) is 10.5. The highest BCUT2D eigenvalue weighted by molar-refractivity contribution is 6.00. The number of aromatic nitrogens is 1. The fourth-order valence-electron chi connectivity index (χ4n) is 3.62. The first-order chi connectivity index (χ1) is 14.8. The lowest BCUT2D eigenvalue weighted by atomic mass is 10.0. The number of esters is 1. The summed E-state index contributed by atoms with van der Waals surface area (Å²) in [6.45, 7) is 8.38. The molecule has 0 bridgehead atoms.